The predicted octanol–water partition coefficient (Wildman–Crippen LogP) is 2.78. The van der Waals surface area contributed by atoms with E-state index in [-0.39, 0.29) is 11.2 Å². The van der Waals surface area contributed by atoms with Crippen LogP contribution in [-0.4, -0.2) is 24.5 Å². The molecule has 0 saturated carbocycles. The van der Waals surface area contributed by atoms with Crippen molar-refractivity contribution in [2.45, 2.75) is 32.2 Å². The summed E-state index contributed by atoms with van der Waals surface area (Å²) in [4.78, 5) is 25.3. The Morgan fingerprint density at radius 3 is 1.65 bits per heavy atom. The van der Waals surface area contributed by atoms with Crippen LogP contribution in [0.25, 0.3) is 0 Å². The highest BCUT2D eigenvalue weighted by Crippen LogP contribution is 2.11. The third kappa shape index (κ3) is 5.52. The average molecular weight is 471 g/mol. The highest BCUT2D eigenvalue weighted by Gasteiger charge is 2.41. The first-order valence-electron chi connectivity index (χ1n) is 11.8. The molecule has 0 aliphatic rings. The second-order valence-electron chi connectivity index (χ2n) is 8.35. The van der Waals surface area contributed by atoms with Crippen LogP contribution >= 0.6 is 0 Å². The molecular formula is C28H30N2O3Si. The lowest BCUT2D eigenvalue weighted by molar-refractivity contribution is 0.309. The molecule has 34 heavy (non-hydrogen) atoms. The molecule has 4 aromatic rings. The van der Waals surface area contributed by atoms with Crippen LogP contribution in [0.2, 0.25) is 0 Å². The van der Waals surface area contributed by atoms with Crippen LogP contribution in [0.3, 0.4) is 0 Å². The maximum absolute atomic E-state index is 11.8. The maximum atomic E-state index is 11.8. The van der Waals surface area contributed by atoms with E-state index in [9.17, 15) is 9.59 Å². The lowest BCUT2D eigenvalue weighted by Crippen LogP contribution is -2.69. The Morgan fingerprint density at radius 2 is 1.15 bits per heavy atom. The zero-order chi connectivity index (χ0) is 23.6. The van der Waals surface area contributed by atoms with Crippen LogP contribution in [0.15, 0.2) is 113 Å². The van der Waals surface area contributed by atoms with Gasteiger partial charge in [0.05, 0.1) is 0 Å². The topological polar surface area (TPSA) is 64.1 Å². The second-order valence-corrected chi connectivity index (χ2v) is 11.7. The number of hydrogen-bond donors (Lipinski definition) is 1. The minimum absolute atomic E-state index is 0.347. The van der Waals surface area contributed by atoms with Crippen LogP contribution in [0.1, 0.15) is 25.7 Å². The third-order valence-electron chi connectivity index (χ3n) is 6.05. The van der Waals surface area contributed by atoms with Crippen LogP contribution < -0.4 is 26.8 Å². The number of unbranched alkanes of at least 4 members (excludes halogenated alkanes) is 3. The molecule has 0 unspecified atom stereocenters. The monoisotopic (exact) mass is 470 g/mol. The number of aromatic amines is 1. The van der Waals surface area contributed by atoms with Gasteiger partial charge >= 0.3 is 5.69 Å². The normalized spacial score (nSPS) is 11.4. The van der Waals surface area contributed by atoms with Gasteiger partial charge in [-0.1, -0.05) is 104 Å². The summed E-state index contributed by atoms with van der Waals surface area (Å²) in [6, 6.07) is 33.2. The number of nitrogens with one attached hydrogen (secondary N) is 1. The fraction of sp³-hybridized carbons (Fsp3) is 0.214. The lowest BCUT2D eigenvalue weighted by Gasteiger charge is -2.33. The summed E-state index contributed by atoms with van der Waals surface area (Å²) >= 11 is 0. The standard InChI is InChI=1S/C28H30N2O3Si/c31-27-20-22-30(28(32)29-27)21-12-1-2-13-23-33-34(24-14-6-3-7-15-24,25-16-8-4-9-17-25)26-18-10-5-11-19-26/h3-11,14-20,22H,1-2,12-13,21,23H2,(H,29,31,32). The van der Waals surface area contributed by atoms with Gasteiger partial charge in [-0.2, -0.15) is 0 Å². The van der Waals surface area contributed by atoms with E-state index >= 15 is 0 Å². The SMILES string of the molecule is O=c1ccn(CCCCCCO[Si](c2ccccc2)(c2ccccc2)c2ccccc2)c(=O)[nH]1. The number of nitrogens with zero attached hydrogens (tertiary/aromatic N) is 1. The summed E-state index contributed by atoms with van der Waals surface area (Å²) in [5, 5.41) is 3.72. The van der Waals surface area contributed by atoms with Gasteiger partial charge in [-0.05, 0) is 28.4 Å². The molecule has 0 amide bonds. The van der Waals surface area contributed by atoms with Crippen LogP contribution in [0, 0.1) is 0 Å². The summed E-state index contributed by atoms with van der Waals surface area (Å²) in [5.41, 5.74) is -0.707. The molecule has 0 aliphatic heterocycles. The Hall–Kier alpha value is -3.48. The number of benzene rings is 3. The van der Waals surface area contributed by atoms with Crippen molar-refractivity contribution in [3.63, 3.8) is 0 Å². The Balaban J connectivity index is 1.45. The number of rotatable bonds is 11. The Kier molecular flexibility index (Phi) is 8.07. The van der Waals surface area contributed by atoms with Crippen LogP contribution in [0.5, 0.6) is 0 Å². The first-order valence-corrected chi connectivity index (χ1v) is 13.7. The molecule has 6 heteroatoms. The van der Waals surface area contributed by atoms with Gasteiger partial charge in [-0.3, -0.25) is 9.78 Å². The predicted molar refractivity (Wildman–Crippen MR) is 140 cm³/mol. The fourth-order valence-corrected chi connectivity index (χ4v) is 8.29. The van der Waals surface area contributed by atoms with Crippen molar-refractivity contribution in [2.24, 2.45) is 0 Å². The largest absolute Gasteiger partial charge is 0.404 e. The van der Waals surface area contributed by atoms with Crippen molar-refractivity contribution in [3.05, 3.63) is 124 Å². The Morgan fingerprint density at radius 1 is 0.647 bits per heavy atom. The van der Waals surface area contributed by atoms with E-state index in [1.807, 2.05) is 18.2 Å². The zero-order valence-electron chi connectivity index (χ0n) is 19.2. The summed E-state index contributed by atoms with van der Waals surface area (Å²) in [6.45, 7) is 1.27. The first-order chi connectivity index (χ1) is 16.7. The molecular weight excluding hydrogens is 440 g/mol. The summed E-state index contributed by atoms with van der Waals surface area (Å²) in [7, 11) is -2.64. The minimum atomic E-state index is -2.64. The maximum Gasteiger partial charge on any atom is 0.328 e. The molecule has 0 spiro atoms. The van der Waals surface area contributed by atoms with Crippen molar-refractivity contribution < 1.29 is 4.43 Å². The molecule has 0 bridgehead atoms. The number of H-pyrrole nitrogens is 1. The molecule has 0 saturated heterocycles. The van der Waals surface area contributed by atoms with E-state index < -0.39 is 8.32 Å². The van der Waals surface area contributed by atoms with Gasteiger partial charge in [-0.15, -0.1) is 0 Å². The molecule has 1 N–H and O–H groups in total. The molecule has 0 atom stereocenters. The average Bonchev–Trinajstić information content (AvgIpc) is 2.88. The van der Waals surface area contributed by atoms with Crippen molar-refractivity contribution in [1.29, 1.82) is 0 Å². The fourth-order valence-electron chi connectivity index (χ4n) is 4.35. The molecule has 3 aromatic carbocycles. The van der Waals surface area contributed by atoms with E-state index in [4.69, 9.17) is 4.43 Å². The van der Waals surface area contributed by atoms with Crippen molar-refractivity contribution in [1.82, 2.24) is 9.55 Å². The van der Waals surface area contributed by atoms with Crippen molar-refractivity contribution in [2.75, 3.05) is 6.61 Å². The molecule has 1 heterocycles. The van der Waals surface area contributed by atoms with E-state index in [1.54, 1.807) is 10.8 Å². The quantitative estimate of drug-likeness (QED) is 0.208. The van der Waals surface area contributed by atoms with Crippen molar-refractivity contribution >= 4 is 23.9 Å². The number of aryl methyl sites for hydroxylation is 1. The van der Waals surface area contributed by atoms with E-state index in [1.165, 1.54) is 21.6 Å². The van der Waals surface area contributed by atoms with Gasteiger partial charge in [-0.25, -0.2) is 4.79 Å². The Bertz CT molecular complexity index is 1170. The molecule has 0 fully saturated rings. The van der Waals surface area contributed by atoms with E-state index in [0.29, 0.717) is 13.2 Å². The number of hydrogen-bond acceptors (Lipinski definition) is 3. The van der Waals surface area contributed by atoms with Gasteiger partial charge < -0.3 is 8.99 Å². The summed E-state index contributed by atoms with van der Waals surface area (Å²) in [5.74, 6) is 0. The number of aromatic nitrogens is 2. The first kappa shape index (κ1) is 23.7. The smallest absolute Gasteiger partial charge is 0.328 e. The molecule has 1 aromatic heterocycles. The van der Waals surface area contributed by atoms with Gasteiger partial charge in [0, 0.05) is 25.4 Å². The molecule has 174 valence electrons. The van der Waals surface area contributed by atoms with Gasteiger partial charge in [0.2, 0.25) is 0 Å². The third-order valence-corrected chi connectivity index (χ3v) is 10.1. The second kappa shape index (κ2) is 11.6. The Labute approximate surface area is 200 Å². The van der Waals surface area contributed by atoms with E-state index in [2.05, 4.69) is 77.8 Å². The zero-order valence-corrected chi connectivity index (χ0v) is 20.2. The van der Waals surface area contributed by atoms with Gasteiger partial charge in [0.1, 0.15) is 0 Å². The molecule has 4 rings (SSSR count). The molecule has 0 radical (unpaired) electrons. The minimum Gasteiger partial charge on any atom is -0.404 e. The van der Waals surface area contributed by atoms with Crippen LogP contribution in [0.4, 0.5) is 0 Å². The van der Waals surface area contributed by atoms with Gasteiger partial charge in [0.15, 0.2) is 0 Å². The van der Waals surface area contributed by atoms with Crippen molar-refractivity contribution in [3.8, 4) is 0 Å². The van der Waals surface area contributed by atoms with Crippen LogP contribution in [-0.2, 0) is 11.0 Å². The highest BCUT2D eigenvalue weighted by atomic mass is 28.4. The lowest BCUT2D eigenvalue weighted by atomic mass is 10.2. The summed E-state index contributed by atoms with van der Waals surface area (Å²) in [6.07, 6.45) is 5.39. The van der Waals surface area contributed by atoms with E-state index in [0.717, 1.165) is 25.7 Å². The summed E-state index contributed by atoms with van der Waals surface area (Å²) < 4.78 is 8.48. The van der Waals surface area contributed by atoms with Gasteiger partial charge in [0.25, 0.3) is 13.9 Å². The molecule has 0 aliphatic carbocycles. The highest BCUT2D eigenvalue weighted by molar-refractivity contribution is 7.07. The molecule has 5 nitrogen and oxygen atoms in total.